The molecule has 1 atom stereocenters. The number of amides is 1. The van der Waals surface area contributed by atoms with Gasteiger partial charge < -0.3 is 5.32 Å². The van der Waals surface area contributed by atoms with Gasteiger partial charge in [0.15, 0.2) is 0 Å². The van der Waals surface area contributed by atoms with Crippen molar-refractivity contribution in [1.29, 1.82) is 0 Å². The maximum Gasteiger partial charge on any atom is 0.286 e. The highest BCUT2D eigenvalue weighted by atomic mass is 35.5. The van der Waals surface area contributed by atoms with Crippen molar-refractivity contribution >= 4 is 44.6 Å². The molecular weight excluding hydrogens is 463 g/mol. The molecule has 2 aromatic carbocycles. The molecule has 1 aromatic heterocycles. The number of sulfonamides is 1. The van der Waals surface area contributed by atoms with E-state index >= 15 is 0 Å². The molecule has 4 rings (SSSR count). The van der Waals surface area contributed by atoms with Crippen molar-refractivity contribution in [2.24, 2.45) is 0 Å². The Balaban J connectivity index is 1.58. The molecule has 0 aliphatic carbocycles. The van der Waals surface area contributed by atoms with Crippen LogP contribution in [0.25, 0.3) is 0 Å². The molecule has 0 unspecified atom stereocenters. The second-order valence-corrected chi connectivity index (χ2v) is 10.3. The largest absolute Gasteiger partial charge is 0.320 e. The van der Waals surface area contributed by atoms with Crippen molar-refractivity contribution < 1.29 is 17.6 Å². The minimum atomic E-state index is -3.81. The third kappa shape index (κ3) is 4.33. The van der Waals surface area contributed by atoms with Gasteiger partial charge in [-0.15, -0.1) is 10.2 Å². The second kappa shape index (κ2) is 8.62. The van der Waals surface area contributed by atoms with Crippen molar-refractivity contribution in [1.82, 2.24) is 14.5 Å². The Kier molecular flexibility index (Phi) is 6.07. The van der Waals surface area contributed by atoms with E-state index in [1.807, 2.05) is 0 Å². The highest BCUT2D eigenvalue weighted by molar-refractivity contribution is 7.89. The lowest BCUT2D eigenvalue weighted by atomic mass is 10.2. The maximum absolute atomic E-state index is 13.3. The monoisotopic (exact) mass is 480 g/mol. The van der Waals surface area contributed by atoms with E-state index in [0.29, 0.717) is 40.7 Å². The van der Waals surface area contributed by atoms with Gasteiger partial charge in [-0.05, 0) is 55.7 Å². The molecular formula is C20H18ClFN4O3S2. The number of anilines is 1. The first-order valence-electron chi connectivity index (χ1n) is 9.44. The molecule has 0 bridgehead atoms. The van der Waals surface area contributed by atoms with Gasteiger partial charge in [-0.3, -0.25) is 4.79 Å². The summed E-state index contributed by atoms with van der Waals surface area (Å²) in [5, 5.41) is 11.4. The number of nitrogens with zero attached hydrogens (tertiary/aromatic N) is 3. The molecule has 1 saturated heterocycles. The average Bonchev–Trinajstić information content (AvgIpc) is 3.39. The van der Waals surface area contributed by atoms with Crippen LogP contribution in [0.1, 0.15) is 39.3 Å². The summed E-state index contributed by atoms with van der Waals surface area (Å²) in [5.74, 6) is -1.01. The Morgan fingerprint density at radius 1 is 1.26 bits per heavy atom. The number of nitrogens with one attached hydrogen (secondary N) is 1. The average molecular weight is 481 g/mol. The van der Waals surface area contributed by atoms with Gasteiger partial charge in [-0.25, -0.2) is 12.8 Å². The van der Waals surface area contributed by atoms with Crippen LogP contribution < -0.4 is 5.32 Å². The zero-order valence-corrected chi connectivity index (χ0v) is 18.8. The molecule has 11 heteroatoms. The van der Waals surface area contributed by atoms with Crippen molar-refractivity contribution in [3.63, 3.8) is 0 Å². The number of benzene rings is 2. The molecule has 162 valence electrons. The lowest BCUT2D eigenvalue weighted by molar-refractivity contribution is 0.102. The SMILES string of the molecule is Cc1c(Cl)cccc1S(=O)(=O)N1CCC[C@@H]1c1nnc(C(=O)Nc2cccc(F)c2)s1. The zero-order valence-electron chi connectivity index (χ0n) is 16.4. The molecule has 0 radical (unpaired) electrons. The van der Waals surface area contributed by atoms with Crippen molar-refractivity contribution in [3.05, 3.63) is 68.9 Å². The number of carbonyl (C=O) groups is 1. The minimum Gasteiger partial charge on any atom is -0.320 e. The molecule has 31 heavy (non-hydrogen) atoms. The van der Waals surface area contributed by atoms with Crippen molar-refractivity contribution in [2.45, 2.75) is 30.7 Å². The fourth-order valence-corrected chi connectivity index (χ4v) is 6.57. The molecule has 1 amide bonds. The molecule has 1 aliphatic rings. The zero-order chi connectivity index (χ0) is 22.2. The van der Waals surface area contributed by atoms with E-state index in [0.717, 1.165) is 11.3 Å². The number of aromatic nitrogens is 2. The normalized spacial score (nSPS) is 17.1. The molecule has 7 nitrogen and oxygen atoms in total. The molecule has 0 spiro atoms. The van der Waals surface area contributed by atoms with Crippen molar-refractivity contribution in [3.8, 4) is 0 Å². The minimum absolute atomic E-state index is 0.0717. The number of carbonyl (C=O) groups excluding carboxylic acids is 1. The first-order valence-corrected chi connectivity index (χ1v) is 12.1. The quantitative estimate of drug-likeness (QED) is 0.583. The molecule has 0 saturated carbocycles. The van der Waals surface area contributed by atoms with Crippen LogP contribution in [-0.4, -0.2) is 35.4 Å². The summed E-state index contributed by atoms with van der Waals surface area (Å²) < 4.78 is 41.3. The Morgan fingerprint density at radius 2 is 2.03 bits per heavy atom. The van der Waals surface area contributed by atoms with E-state index in [1.165, 1.54) is 28.6 Å². The van der Waals surface area contributed by atoms with E-state index in [9.17, 15) is 17.6 Å². The van der Waals surface area contributed by atoms with Gasteiger partial charge in [0.2, 0.25) is 15.0 Å². The number of halogens is 2. The van der Waals surface area contributed by atoms with Gasteiger partial charge >= 0.3 is 0 Å². The van der Waals surface area contributed by atoms with Gasteiger partial charge in [0.05, 0.1) is 10.9 Å². The van der Waals surface area contributed by atoms with Crippen LogP contribution in [0.15, 0.2) is 47.4 Å². The van der Waals surface area contributed by atoms with Crippen LogP contribution in [0.4, 0.5) is 10.1 Å². The van der Waals surface area contributed by atoms with Crippen LogP contribution in [0, 0.1) is 12.7 Å². The third-order valence-electron chi connectivity index (χ3n) is 5.01. The highest BCUT2D eigenvalue weighted by Gasteiger charge is 2.39. The van der Waals surface area contributed by atoms with Gasteiger partial charge in [-0.2, -0.15) is 4.31 Å². The summed E-state index contributed by atoms with van der Waals surface area (Å²) in [7, 11) is -3.81. The predicted molar refractivity (Wildman–Crippen MR) is 116 cm³/mol. The summed E-state index contributed by atoms with van der Waals surface area (Å²) in [6.45, 7) is 2.00. The summed E-state index contributed by atoms with van der Waals surface area (Å²) in [6.07, 6.45) is 1.23. The number of rotatable bonds is 5. The first-order chi connectivity index (χ1) is 14.8. The fraction of sp³-hybridized carbons (Fsp3) is 0.250. The topological polar surface area (TPSA) is 92.3 Å². The van der Waals surface area contributed by atoms with Crippen LogP contribution in [0.2, 0.25) is 5.02 Å². The van der Waals surface area contributed by atoms with Crippen LogP contribution in [0.3, 0.4) is 0 Å². The number of hydrogen-bond acceptors (Lipinski definition) is 6. The standard InChI is InChI=1S/C20H18ClFN4O3S2/c1-12-15(21)7-3-9-17(12)31(28,29)26-10-4-8-16(26)19-24-25-20(30-19)18(27)23-14-6-2-5-13(22)11-14/h2-3,5-7,9,11,16H,4,8,10H2,1H3,(H,23,27)/t16-/m1/s1. The molecule has 3 aromatic rings. The smallest absolute Gasteiger partial charge is 0.286 e. The predicted octanol–water partition coefficient (Wildman–Crippen LogP) is 4.42. The maximum atomic E-state index is 13.3. The Labute approximate surface area is 187 Å². The first kappa shape index (κ1) is 21.8. The Morgan fingerprint density at radius 3 is 2.81 bits per heavy atom. The van der Waals surface area contributed by atoms with Gasteiger partial charge in [0.1, 0.15) is 10.8 Å². The van der Waals surface area contributed by atoms with E-state index < -0.39 is 27.8 Å². The van der Waals surface area contributed by atoms with Gasteiger partial charge in [-0.1, -0.05) is 35.1 Å². The molecule has 2 heterocycles. The summed E-state index contributed by atoms with van der Waals surface area (Å²) in [4.78, 5) is 12.6. The summed E-state index contributed by atoms with van der Waals surface area (Å²) in [5.41, 5.74) is 0.783. The lowest BCUT2D eigenvalue weighted by Crippen LogP contribution is -2.31. The van der Waals surface area contributed by atoms with Crippen LogP contribution in [0.5, 0.6) is 0 Å². The van der Waals surface area contributed by atoms with Crippen LogP contribution >= 0.6 is 22.9 Å². The summed E-state index contributed by atoms with van der Waals surface area (Å²) >= 11 is 7.15. The van der Waals surface area contributed by atoms with E-state index in [4.69, 9.17) is 11.6 Å². The van der Waals surface area contributed by atoms with E-state index in [-0.39, 0.29) is 9.90 Å². The van der Waals surface area contributed by atoms with E-state index in [2.05, 4.69) is 15.5 Å². The Bertz CT molecular complexity index is 1250. The summed E-state index contributed by atoms with van der Waals surface area (Å²) in [6, 6.07) is 9.77. The van der Waals surface area contributed by atoms with Crippen LogP contribution in [-0.2, 0) is 10.0 Å². The second-order valence-electron chi connectivity index (χ2n) is 7.05. The third-order valence-corrected chi connectivity index (χ3v) is 8.50. The molecule has 1 N–H and O–H groups in total. The molecule has 1 aliphatic heterocycles. The van der Waals surface area contributed by atoms with Crippen molar-refractivity contribution in [2.75, 3.05) is 11.9 Å². The fourth-order valence-electron chi connectivity index (χ4n) is 3.48. The molecule has 1 fully saturated rings. The highest BCUT2D eigenvalue weighted by Crippen LogP contribution is 2.39. The van der Waals surface area contributed by atoms with Gasteiger partial charge in [0, 0.05) is 17.3 Å². The Hall–Kier alpha value is -2.40. The number of hydrogen-bond donors (Lipinski definition) is 1. The van der Waals surface area contributed by atoms with E-state index in [1.54, 1.807) is 25.1 Å². The van der Waals surface area contributed by atoms with Gasteiger partial charge in [0.25, 0.3) is 5.91 Å². The lowest BCUT2D eigenvalue weighted by Gasteiger charge is -2.23.